The van der Waals surface area contributed by atoms with E-state index in [1.807, 2.05) is 13.0 Å². The van der Waals surface area contributed by atoms with Gasteiger partial charge in [0, 0.05) is 23.7 Å². The molecule has 0 bridgehead atoms. The van der Waals surface area contributed by atoms with Crippen LogP contribution in [0.5, 0.6) is 0 Å². The number of hydrogen-bond acceptors (Lipinski definition) is 5. The molecule has 0 aliphatic rings. The maximum atomic E-state index is 13.9. The van der Waals surface area contributed by atoms with Crippen LogP contribution in [0.4, 0.5) is 11.4 Å². The third-order valence-electron chi connectivity index (χ3n) is 5.85. The predicted octanol–water partition coefficient (Wildman–Crippen LogP) is 4.81. The molecular formula is C28H26N4O4. The van der Waals surface area contributed by atoms with E-state index >= 15 is 0 Å². The van der Waals surface area contributed by atoms with E-state index in [-0.39, 0.29) is 23.3 Å². The van der Waals surface area contributed by atoms with Gasteiger partial charge in [-0.1, -0.05) is 37.3 Å². The van der Waals surface area contributed by atoms with Crippen LogP contribution in [0.2, 0.25) is 0 Å². The number of fused-ring (bicyclic) bond motifs is 1. The lowest BCUT2D eigenvalue weighted by molar-refractivity contribution is -0.119. The van der Waals surface area contributed by atoms with E-state index in [2.05, 4.69) is 15.6 Å². The van der Waals surface area contributed by atoms with Gasteiger partial charge >= 0.3 is 0 Å². The first kappa shape index (κ1) is 24.5. The summed E-state index contributed by atoms with van der Waals surface area (Å²) < 4.78 is 1.46. The minimum absolute atomic E-state index is 0.0683. The van der Waals surface area contributed by atoms with Crippen molar-refractivity contribution < 1.29 is 14.4 Å². The summed E-state index contributed by atoms with van der Waals surface area (Å²) in [7, 11) is 0. The van der Waals surface area contributed by atoms with Crippen molar-refractivity contribution in [1.82, 2.24) is 9.55 Å². The normalized spacial score (nSPS) is 11.6. The van der Waals surface area contributed by atoms with Gasteiger partial charge in [0.2, 0.25) is 11.8 Å². The number of rotatable bonds is 7. The molecule has 0 unspecified atom stereocenters. The van der Waals surface area contributed by atoms with E-state index in [0.717, 1.165) is 0 Å². The van der Waals surface area contributed by atoms with Gasteiger partial charge in [-0.2, -0.15) is 0 Å². The van der Waals surface area contributed by atoms with Gasteiger partial charge in [0.15, 0.2) is 5.78 Å². The van der Waals surface area contributed by atoms with Crippen molar-refractivity contribution in [1.29, 1.82) is 0 Å². The molecule has 8 heteroatoms. The van der Waals surface area contributed by atoms with Gasteiger partial charge < -0.3 is 10.6 Å². The standard InChI is InChI=1S/C28H26N4O4/c1-4-24(27(35)30-20-15-13-19(14-16-20)17(2)33)32-25-12-8-7-11-23(25)31-26(28(32)36)21-9-5-6-10-22(21)29-18(3)34/h5-16,24H,4H2,1-3H3,(H,29,34)(H,30,35)/t24-/m0/s1. The van der Waals surface area contributed by atoms with Crippen molar-refractivity contribution in [2.75, 3.05) is 10.6 Å². The summed E-state index contributed by atoms with van der Waals surface area (Å²) in [4.78, 5) is 55.2. The molecule has 0 spiro atoms. The topological polar surface area (TPSA) is 110 Å². The van der Waals surface area contributed by atoms with Gasteiger partial charge in [-0.25, -0.2) is 4.98 Å². The fourth-order valence-electron chi connectivity index (χ4n) is 4.13. The quantitative estimate of drug-likeness (QED) is 0.367. The Labute approximate surface area is 208 Å². The second kappa shape index (κ2) is 10.4. The molecule has 4 rings (SSSR count). The number of para-hydroxylation sites is 3. The Morgan fingerprint density at radius 3 is 2.22 bits per heavy atom. The first-order valence-electron chi connectivity index (χ1n) is 11.6. The van der Waals surface area contributed by atoms with Crippen LogP contribution < -0.4 is 16.2 Å². The van der Waals surface area contributed by atoms with Crippen LogP contribution in [-0.4, -0.2) is 27.1 Å². The molecule has 182 valence electrons. The highest BCUT2D eigenvalue weighted by atomic mass is 16.2. The highest BCUT2D eigenvalue weighted by Gasteiger charge is 2.25. The Kier molecular flexibility index (Phi) is 7.05. The number of Topliss-reactive ketones (excluding diaryl/α,β-unsaturated/α-hetero) is 1. The zero-order valence-electron chi connectivity index (χ0n) is 20.2. The van der Waals surface area contributed by atoms with Gasteiger partial charge in [-0.3, -0.25) is 23.7 Å². The number of aromatic nitrogens is 2. The van der Waals surface area contributed by atoms with Crippen molar-refractivity contribution >= 4 is 40.0 Å². The van der Waals surface area contributed by atoms with Crippen molar-refractivity contribution in [3.63, 3.8) is 0 Å². The van der Waals surface area contributed by atoms with E-state index in [1.165, 1.54) is 18.4 Å². The molecule has 0 fully saturated rings. The van der Waals surface area contributed by atoms with Crippen molar-refractivity contribution in [2.45, 2.75) is 33.2 Å². The number of hydrogen-bond donors (Lipinski definition) is 2. The maximum Gasteiger partial charge on any atom is 0.278 e. The Morgan fingerprint density at radius 2 is 1.56 bits per heavy atom. The molecule has 1 aromatic heterocycles. The van der Waals surface area contributed by atoms with Crippen molar-refractivity contribution in [3.8, 4) is 11.3 Å². The van der Waals surface area contributed by atoms with Crippen LogP contribution in [0, 0.1) is 0 Å². The third kappa shape index (κ3) is 4.93. The largest absolute Gasteiger partial charge is 0.326 e. The predicted molar refractivity (Wildman–Crippen MR) is 140 cm³/mol. The monoisotopic (exact) mass is 482 g/mol. The zero-order chi connectivity index (χ0) is 25.8. The third-order valence-corrected chi connectivity index (χ3v) is 5.85. The number of amides is 2. The summed E-state index contributed by atoms with van der Waals surface area (Å²) in [5, 5.41) is 5.61. The van der Waals surface area contributed by atoms with E-state index in [4.69, 9.17) is 0 Å². The Morgan fingerprint density at radius 1 is 0.889 bits per heavy atom. The molecular weight excluding hydrogens is 456 g/mol. The van der Waals surface area contributed by atoms with Crippen LogP contribution in [0.25, 0.3) is 22.3 Å². The molecule has 2 amide bonds. The minimum atomic E-state index is -0.829. The summed E-state index contributed by atoms with van der Waals surface area (Å²) in [6, 6.07) is 19.8. The van der Waals surface area contributed by atoms with Gasteiger partial charge in [0.25, 0.3) is 5.56 Å². The molecule has 0 saturated heterocycles. The summed E-state index contributed by atoms with van der Waals surface area (Å²) >= 11 is 0. The van der Waals surface area contributed by atoms with Crippen LogP contribution in [-0.2, 0) is 9.59 Å². The van der Waals surface area contributed by atoms with Crippen molar-refractivity contribution in [2.24, 2.45) is 0 Å². The number of carbonyl (C=O) groups excluding carboxylic acids is 3. The van der Waals surface area contributed by atoms with Crippen molar-refractivity contribution in [3.05, 3.63) is 88.7 Å². The first-order chi connectivity index (χ1) is 17.3. The van der Waals surface area contributed by atoms with Gasteiger partial charge in [0.05, 0.1) is 16.7 Å². The molecule has 0 aliphatic heterocycles. The van der Waals surface area contributed by atoms with E-state index in [0.29, 0.717) is 40.0 Å². The zero-order valence-corrected chi connectivity index (χ0v) is 20.2. The van der Waals surface area contributed by atoms with Crippen LogP contribution >= 0.6 is 0 Å². The summed E-state index contributed by atoms with van der Waals surface area (Å²) in [6.45, 7) is 4.70. The average Bonchev–Trinajstić information content (AvgIpc) is 2.86. The molecule has 2 N–H and O–H groups in total. The lowest BCUT2D eigenvalue weighted by Gasteiger charge is -2.21. The summed E-state index contributed by atoms with van der Waals surface area (Å²) in [6.07, 6.45) is 0.345. The molecule has 4 aromatic rings. The lowest BCUT2D eigenvalue weighted by atomic mass is 10.1. The van der Waals surface area contributed by atoms with Gasteiger partial charge in [-0.05, 0) is 55.8 Å². The molecule has 36 heavy (non-hydrogen) atoms. The highest BCUT2D eigenvalue weighted by molar-refractivity contribution is 5.97. The SMILES string of the molecule is CC[C@@H](C(=O)Nc1ccc(C(C)=O)cc1)n1c(=O)c(-c2ccccc2NC(C)=O)nc2ccccc21. The molecule has 8 nitrogen and oxygen atoms in total. The molecule has 1 atom stereocenters. The second-order valence-corrected chi connectivity index (χ2v) is 8.40. The van der Waals surface area contributed by atoms with Gasteiger partial charge in [0.1, 0.15) is 11.7 Å². The fourth-order valence-corrected chi connectivity index (χ4v) is 4.13. The van der Waals surface area contributed by atoms with E-state index < -0.39 is 11.6 Å². The molecule has 1 heterocycles. The van der Waals surface area contributed by atoms with Crippen LogP contribution in [0.1, 0.15) is 43.6 Å². The molecule has 0 radical (unpaired) electrons. The number of nitrogens with one attached hydrogen (secondary N) is 2. The fraction of sp³-hybridized carbons (Fsp3) is 0.179. The number of benzene rings is 3. The maximum absolute atomic E-state index is 13.9. The Hall–Kier alpha value is -4.59. The highest BCUT2D eigenvalue weighted by Crippen LogP contribution is 2.27. The van der Waals surface area contributed by atoms with Crippen LogP contribution in [0.3, 0.4) is 0 Å². The van der Waals surface area contributed by atoms with E-state index in [1.54, 1.807) is 66.7 Å². The molecule has 0 saturated carbocycles. The summed E-state index contributed by atoms with van der Waals surface area (Å²) in [5.41, 5.74) is 2.74. The Bertz CT molecular complexity index is 1520. The minimum Gasteiger partial charge on any atom is -0.326 e. The Balaban J connectivity index is 1.83. The van der Waals surface area contributed by atoms with Crippen LogP contribution in [0.15, 0.2) is 77.6 Å². The number of anilines is 2. The average molecular weight is 483 g/mol. The number of carbonyl (C=O) groups is 3. The lowest BCUT2D eigenvalue weighted by Crippen LogP contribution is -2.34. The number of nitrogens with zero attached hydrogens (tertiary/aromatic N) is 2. The summed E-state index contributed by atoms with van der Waals surface area (Å²) in [5.74, 6) is -0.709. The van der Waals surface area contributed by atoms with E-state index in [9.17, 15) is 19.2 Å². The number of ketones is 1. The molecule has 0 aliphatic carbocycles. The first-order valence-corrected chi connectivity index (χ1v) is 11.6. The second-order valence-electron chi connectivity index (χ2n) is 8.40. The smallest absolute Gasteiger partial charge is 0.278 e. The van der Waals surface area contributed by atoms with Gasteiger partial charge in [-0.15, -0.1) is 0 Å². The molecule has 3 aromatic carbocycles.